The Bertz CT molecular complexity index is 556. The summed E-state index contributed by atoms with van der Waals surface area (Å²) in [6.07, 6.45) is 9.23. The van der Waals surface area contributed by atoms with Gasteiger partial charge in [0.1, 0.15) is 5.75 Å². The summed E-state index contributed by atoms with van der Waals surface area (Å²) < 4.78 is 0. The van der Waals surface area contributed by atoms with E-state index in [2.05, 4.69) is 12.5 Å². The monoisotopic (exact) mass is 223 g/mol. The van der Waals surface area contributed by atoms with Crippen LogP contribution in [-0.4, -0.2) is 17.1 Å². The molecule has 1 aromatic carbocycles. The Kier molecular flexibility index (Phi) is 2.76. The van der Waals surface area contributed by atoms with Gasteiger partial charge < -0.3 is 10.0 Å². The second-order valence-electron chi connectivity index (χ2n) is 3.83. The molecule has 1 N–H and O–H groups in total. The van der Waals surface area contributed by atoms with Gasteiger partial charge in [0, 0.05) is 24.0 Å². The van der Waals surface area contributed by atoms with E-state index >= 15 is 0 Å². The van der Waals surface area contributed by atoms with E-state index < -0.39 is 0 Å². The maximum absolute atomic E-state index is 9.26. The summed E-state index contributed by atoms with van der Waals surface area (Å²) >= 11 is 0. The number of nitrogens with zero attached hydrogens (tertiary/aromatic N) is 1. The van der Waals surface area contributed by atoms with Crippen LogP contribution >= 0.6 is 0 Å². The second kappa shape index (κ2) is 4.23. The molecule has 0 radical (unpaired) electrons. The first-order valence-electron chi connectivity index (χ1n) is 5.24. The van der Waals surface area contributed by atoms with Crippen molar-refractivity contribution in [2.45, 2.75) is 0 Å². The van der Waals surface area contributed by atoms with Crippen molar-refractivity contribution < 1.29 is 5.11 Å². The van der Waals surface area contributed by atoms with Crippen LogP contribution in [0.5, 0.6) is 5.75 Å². The van der Waals surface area contributed by atoms with Crippen LogP contribution in [0.1, 0.15) is 5.56 Å². The van der Waals surface area contributed by atoms with Gasteiger partial charge in [0.15, 0.2) is 0 Å². The molecule has 1 aliphatic rings. The minimum absolute atomic E-state index is 0.256. The maximum atomic E-state index is 9.26. The highest BCUT2D eigenvalue weighted by Crippen LogP contribution is 2.29. The summed E-state index contributed by atoms with van der Waals surface area (Å²) in [4.78, 5) is 1.95. The molecule has 0 aliphatic carbocycles. The lowest BCUT2D eigenvalue weighted by Crippen LogP contribution is -2.19. The Labute approximate surface area is 101 Å². The van der Waals surface area contributed by atoms with Crippen LogP contribution in [-0.2, 0) is 0 Å². The minimum atomic E-state index is 0.256. The smallest absolute Gasteiger partial charge is 0.115 e. The third-order valence-electron chi connectivity index (χ3n) is 2.80. The summed E-state index contributed by atoms with van der Waals surface area (Å²) in [5.41, 5.74) is 3.61. The van der Waals surface area contributed by atoms with Gasteiger partial charge in [0.05, 0.1) is 0 Å². The molecule has 84 valence electrons. The molecule has 2 nitrogen and oxygen atoms in total. The minimum Gasteiger partial charge on any atom is -0.508 e. The quantitative estimate of drug-likeness (QED) is 0.740. The van der Waals surface area contributed by atoms with Gasteiger partial charge in [-0.25, -0.2) is 0 Å². The number of phenolic OH excluding ortho intramolecular Hbond substituents is 1. The molecule has 0 unspecified atom stereocenters. The molecule has 0 saturated heterocycles. The molecule has 1 aromatic rings. The van der Waals surface area contributed by atoms with E-state index in [0.717, 1.165) is 22.5 Å². The molecule has 0 saturated carbocycles. The molecule has 0 fully saturated rings. The van der Waals surface area contributed by atoms with Crippen molar-refractivity contribution in [3.8, 4) is 18.1 Å². The highest BCUT2D eigenvalue weighted by molar-refractivity contribution is 5.72. The van der Waals surface area contributed by atoms with Gasteiger partial charge in [0.25, 0.3) is 0 Å². The molecule has 2 heteroatoms. The summed E-state index contributed by atoms with van der Waals surface area (Å²) in [6, 6.07) is 7.04. The topological polar surface area (TPSA) is 23.5 Å². The van der Waals surface area contributed by atoms with Crippen LogP contribution in [0.25, 0.3) is 5.70 Å². The van der Waals surface area contributed by atoms with Crippen molar-refractivity contribution in [2.24, 2.45) is 0 Å². The summed E-state index contributed by atoms with van der Waals surface area (Å²) in [5, 5.41) is 9.26. The highest BCUT2D eigenvalue weighted by Gasteiger charge is 2.16. The average Bonchev–Trinajstić information content (AvgIpc) is 2.34. The number of phenols is 1. The lowest BCUT2D eigenvalue weighted by molar-refractivity contribution is 0.475. The van der Waals surface area contributed by atoms with Gasteiger partial charge >= 0.3 is 0 Å². The van der Waals surface area contributed by atoms with Crippen molar-refractivity contribution in [1.29, 1.82) is 0 Å². The van der Waals surface area contributed by atoms with Crippen molar-refractivity contribution in [3.05, 3.63) is 59.8 Å². The summed E-state index contributed by atoms with van der Waals surface area (Å²) in [7, 11) is 1.92. The van der Waals surface area contributed by atoms with Crippen molar-refractivity contribution in [3.63, 3.8) is 0 Å². The normalized spacial score (nSPS) is 15.1. The Morgan fingerprint density at radius 2 is 1.88 bits per heavy atom. The van der Waals surface area contributed by atoms with Crippen molar-refractivity contribution >= 4 is 5.70 Å². The zero-order valence-corrected chi connectivity index (χ0v) is 9.64. The first-order valence-corrected chi connectivity index (χ1v) is 5.24. The fourth-order valence-electron chi connectivity index (χ4n) is 1.75. The molecule has 1 heterocycles. The van der Waals surface area contributed by atoms with Crippen LogP contribution < -0.4 is 0 Å². The number of aromatic hydroxyl groups is 1. The van der Waals surface area contributed by atoms with Crippen LogP contribution in [0.3, 0.4) is 0 Å². The summed E-state index contributed by atoms with van der Waals surface area (Å²) in [5.74, 6) is 2.86. The van der Waals surface area contributed by atoms with Crippen LogP contribution in [0.15, 0.2) is 54.3 Å². The Morgan fingerprint density at radius 1 is 1.24 bits per heavy atom. The Morgan fingerprint density at radius 3 is 2.47 bits per heavy atom. The number of terminal acetylenes is 1. The van der Waals surface area contributed by atoms with E-state index in [9.17, 15) is 5.11 Å². The third-order valence-corrected chi connectivity index (χ3v) is 2.80. The molecule has 0 spiro atoms. The maximum Gasteiger partial charge on any atom is 0.115 e. The summed E-state index contributed by atoms with van der Waals surface area (Å²) in [6.45, 7) is 3.97. The van der Waals surface area contributed by atoms with Gasteiger partial charge in [-0.3, -0.25) is 0 Å². The van der Waals surface area contributed by atoms with Crippen LogP contribution in [0.2, 0.25) is 0 Å². The van der Waals surface area contributed by atoms with Crippen LogP contribution in [0.4, 0.5) is 0 Å². The number of hydrogen-bond donors (Lipinski definition) is 1. The lowest BCUT2D eigenvalue weighted by Gasteiger charge is -2.27. The number of hydrogen-bond acceptors (Lipinski definition) is 2. The highest BCUT2D eigenvalue weighted by atomic mass is 16.3. The van der Waals surface area contributed by atoms with Crippen LogP contribution in [0, 0.1) is 12.3 Å². The van der Waals surface area contributed by atoms with Crippen molar-refractivity contribution in [2.75, 3.05) is 7.05 Å². The molecule has 0 bridgehead atoms. The zero-order chi connectivity index (χ0) is 12.4. The molecule has 0 atom stereocenters. The first kappa shape index (κ1) is 11.1. The van der Waals surface area contributed by atoms with Gasteiger partial charge in [-0.2, -0.15) is 0 Å². The fourth-order valence-corrected chi connectivity index (χ4v) is 1.75. The Balaban J connectivity index is 2.44. The van der Waals surface area contributed by atoms with Gasteiger partial charge in [-0.05, 0) is 42.0 Å². The van der Waals surface area contributed by atoms with E-state index in [4.69, 9.17) is 6.42 Å². The van der Waals surface area contributed by atoms with E-state index in [1.807, 2.05) is 36.2 Å². The number of benzene rings is 1. The van der Waals surface area contributed by atoms with E-state index in [1.54, 1.807) is 12.1 Å². The molecule has 0 aromatic heterocycles. The molecular formula is C15H13NO. The predicted octanol–water partition coefficient (Wildman–Crippen LogP) is 2.75. The average molecular weight is 223 g/mol. The fraction of sp³-hybridized carbons (Fsp3) is 0.0667. The van der Waals surface area contributed by atoms with Gasteiger partial charge in [0.2, 0.25) is 0 Å². The molecule has 17 heavy (non-hydrogen) atoms. The van der Waals surface area contributed by atoms with Crippen molar-refractivity contribution in [1.82, 2.24) is 4.90 Å². The standard InChI is InChI=1S/C15H13NO/c1-4-12-7-10-15(16(3)11(12)2)13-5-8-14(17)9-6-13/h1,5-10,17H,2H2,3H3. The third kappa shape index (κ3) is 1.95. The second-order valence-corrected chi connectivity index (χ2v) is 3.83. The predicted molar refractivity (Wildman–Crippen MR) is 69.9 cm³/mol. The molecule has 2 rings (SSSR count). The molecule has 0 amide bonds. The van der Waals surface area contributed by atoms with E-state index in [-0.39, 0.29) is 5.75 Å². The van der Waals surface area contributed by atoms with Gasteiger partial charge in [-0.1, -0.05) is 12.5 Å². The van der Waals surface area contributed by atoms with E-state index in [0.29, 0.717) is 0 Å². The SMILES string of the molecule is C#CC1=CC=C(c2ccc(O)cc2)N(C)C1=C. The zero-order valence-electron chi connectivity index (χ0n) is 9.64. The first-order chi connectivity index (χ1) is 8.13. The molecule has 1 aliphatic heterocycles. The van der Waals surface area contributed by atoms with E-state index in [1.165, 1.54) is 0 Å². The molecular weight excluding hydrogens is 210 g/mol. The number of likely N-dealkylation sites (N-methyl/N-ethyl adjacent to an activating group) is 1. The number of allylic oxidation sites excluding steroid dienone is 3. The largest absolute Gasteiger partial charge is 0.508 e. The Hall–Kier alpha value is -2.40. The lowest BCUT2D eigenvalue weighted by atomic mass is 10.0. The van der Waals surface area contributed by atoms with Gasteiger partial charge in [-0.15, -0.1) is 6.42 Å². The number of rotatable bonds is 1.